The summed E-state index contributed by atoms with van der Waals surface area (Å²) in [4.78, 5) is 14.4. The predicted octanol–water partition coefficient (Wildman–Crippen LogP) is 1.15. The molecule has 1 aliphatic heterocycles. The molecule has 1 aliphatic rings. The minimum atomic E-state index is -0.420. The molecule has 1 unspecified atom stereocenters. The fourth-order valence-corrected chi connectivity index (χ4v) is 2.71. The summed E-state index contributed by atoms with van der Waals surface area (Å²) in [5, 5.41) is 3.26. The largest absolute Gasteiger partial charge is 0.492 e. The molecular weight excluding hydrogens is 268 g/mol. The van der Waals surface area contributed by atoms with Crippen molar-refractivity contribution in [3.8, 4) is 5.75 Å². The smallest absolute Gasteiger partial charge is 0.232 e. The van der Waals surface area contributed by atoms with Gasteiger partial charge in [-0.1, -0.05) is 18.2 Å². The van der Waals surface area contributed by atoms with Gasteiger partial charge < -0.3 is 19.7 Å². The third-order valence-electron chi connectivity index (χ3n) is 3.90. The van der Waals surface area contributed by atoms with E-state index in [4.69, 9.17) is 9.47 Å². The van der Waals surface area contributed by atoms with Gasteiger partial charge in [0.05, 0.1) is 18.6 Å². The SMILES string of the molecule is COCC1(C(=O)N(C)CCOc2ccccc2)CCNC1. The molecule has 0 spiro atoms. The number of carbonyl (C=O) groups excluding carboxylic acids is 1. The second kappa shape index (κ2) is 7.43. The van der Waals surface area contributed by atoms with Gasteiger partial charge in [0.1, 0.15) is 12.4 Å². The van der Waals surface area contributed by atoms with E-state index in [9.17, 15) is 4.79 Å². The van der Waals surface area contributed by atoms with E-state index in [0.717, 1.165) is 18.7 Å². The number of carbonyl (C=O) groups is 1. The molecule has 5 nitrogen and oxygen atoms in total. The van der Waals surface area contributed by atoms with Crippen molar-refractivity contribution < 1.29 is 14.3 Å². The fraction of sp³-hybridized carbons (Fsp3) is 0.562. The average molecular weight is 292 g/mol. The monoisotopic (exact) mass is 292 g/mol. The molecule has 0 aromatic heterocycles. The van der Waals surface area contributed by atoms with E-state index < -0.39 is 5.41 Å². The zero-order valence-corrected chi connectivity index (χ0v) is 12.8. The molecule has 116 valence electrons. The van der Waals surface area contributed by atoms with Crippen molar-refractivity contribution in [3.05, 3.63) is 30.3 Å². The average Bonchev–Trinajstić information content (AvgIpc) is 2.97. The summed E-state index contributed by atoms with van der Waals surface area (Å²) in [5.41, 5.74) is -0.420. The number of methoxy groups -OCH3 is 1. The van der Waals surface area contributed by atoms with Crippen LogP contribution in [0.4, 0.5) is 0 Å². The number of nitrogens with zero attached hydrogens (tertiary/aromatic N) is 1. The summed E-state index contributed by atoms with van der Waals surface area (Å²) in [6.07, 6.45) is 0.823. The van der Waals surface area contributed by atoms with Crippen LogP contribution in [0.3, 0.4) is 0 Å². The second-order valence-corrected chi connectivity index (χ2v) is 5.53. The lowest BCUT2D eigenvalue weighted by molar-refractivity contribution is -0.143. The number of hydrogen-bond donors (Lipinski definition) is 1. The lowest BCUT2D eigenvalue weighted by Crippen LogP contribution is -2.47. The number of para-hydroxylation sites is 1. The van der Waals surface area contributed by atoms with Crippen molar-refractivity contribution in [2.45, 2.75) is 6.42 Å². The molecule has 1 saturated heterocycles. The van der Waals surface area contributed by atoms with Gasteiger partial charge in [0, 0.05) is 20.7 Å². The Morgan fingerprint density at radius 3 is 2.76 bits per heavy atom. The highest BCUT2D eigenvalue weighted by molar-refractivity contribution is 5.83. The maximum absolute atomic E-state index is 12.6. The quantitative estimate of drug-likeness (QED) is 0.819. The molecule has 0 radical (unpaired) electrons. The van der Waals surface area contributed by atoms with Gasteiger partial charge >= 0.3 is 0 Å². The summed E-state index contributed by atoms with van der Waals surface area (Å²) in [6, 6.07) is 9.64. The summed E-state index contributed by atoms with van der Waals surface area (Å²) in [5.74, 6) is 0.957. The summed E-state index contributed by atoms with van der Waals surface area (Å²) in [6.45, 7) is 3.07. The Kier molecular flexibility index (Phi) is 5.59. The summed E-state index contributed by atoms with van der Waals surface area (Å²) in [7, 11) is 3.47. The zero-order valence-electron chi connectivity index (χ0n) is 12.8. The maximum atomic E-state index is 12.6. The van der Waals surface area contributed by atoms with E-state index >= 15 is 0 Å². The highest BCUT2D eigenvalue weighted by Crippen LogP contribution is 2.28. The lowest BCUT2D eigenvalue weighted by Gasteiger charge is -2.31. The molecule has 1 fully saturated rings. The molecule has 2 rings (SSSR count). The van der Waals surface area contributed by atoms with Crippen LogP contribution >= 0.6 is 0 Å². The first-order valence-electron chi connectivity index (χ1n) is 7.31. The first-order valence-corrected chi connectivity index (χ1v) is 7.31. The fourth-order valence-electron chi connectivity index (χ4n) is 2.71. The molecule has 1 amide bonds. The third-order valence-corrected chi connectivity index (χ3v) is 3.90. The molecule has 0 saturated carbocycles. The van der Waals surface area contributed by atoms with Crippen LogP contribution in [0.5, 0.6) is 5.75 Å². The van der Waals surface area contributed by atoms with Crippen molar-refractivity contribution in [1.29, 1.82) is 0 Å². The van der Waals surface area contributed by atoms with Gasteiger partial charge in [0.15, 0.2) is 0 Å². The van der Waals surface area contributed by atoms with Gasteiger partial charge in [-0.25, -0.2) is 0 Å². The Morgan fingerprint density at radius 2 is 2.14 bits per heavy atom. The third kappa shape index (κ3) is 3.95. The van der Waals surface area contributed by atoms with Gasteiger partial charge in [-0.05, 0) is 25.1 Å². The number of nitrogens with one attached hydrogen (secondary N) is 1. The number of rotatable bonds is 7. The van der Waals surface area contributed by atoms with Crippen molar-refractivity contribution >= 4 is 5.91 Å². The lowest BCUT2D eigenvalue weighted by atomic mass is 9.86. The van der Waals surface area contributed by atoms with Crippen LogP contribution in [0.1, 0.15) is 6.42 Å². The van der Waals surface area contributed by atoms with E-state index in [0.29, 0.717) is 26.3 Å². The van der Waals surface area contributed by atoms with Crippen LogP contribution in [-0.2, 0) is 9.53 Å². The number of hydrogen-bond acceptors (Lipinski definition) is 4. The molecule has 1 heterocycles. The summed E-state index contributed by atoms with van der Waals surface area (Å²) >= 11 is 0. The van der Waals surface area contributed by atoms with Crippen LogP contribution in [0.15, 0.2) is 30.3 Å². The van der Waals surface area contributed by atoms with Gasteiger partial charge in [-0.15, -0.1) is 0 Å². The number of likely N-dealkylation sites (N-methyl/N-ethyl adjacent to an activating group) is 1. The van der Waals surface area contributed by atoms with E-state index in [1.807, 2.05) is 37.4 Å². The Balaban J connectivity index is 1.84. The Bertz CT molecular complexity index is 444. The van der Waals surface area contributed by atoms with Gasteiger partial charge in [-0.3, -0.25) is 4.79 Å². The summed E-state index contributed by atoms with van der Waals surface area (Å²) < 4.78 is 10.9. The molecule has 1 atom stereocenters. The van der Waals surface area contributed by atoms with Crippen LogP contribution in [0.25, 0.3) is 0 Å². The van der Waals surface area contributed by atoms with E-state index in [1.165, 1.54) is 0 Å². The van der Waals surface area contributed by atoms with Crippen LogP contribution in [-0.4, -0.2) is 57.8 Å². The molecule has 1 aromatic carbocycles. The first-order chi connectivity index (χ1) is 10.2. The molecule has 21 heavy (non-hydrogen) atoms. The number of benzene rings is 1. The highest BCUT2D eigenvalue weighted by Gasteiger charge is 2.42. The first kappa shape index (κ1) is 15.8. The molecule has 1 N–H and O–H groups in total. The predicted molar refractivity (Wildman–Crippen MR) is 81.4 cm³/mol. The molecule has 5 heteroatoms. The number of ether oxygens (including phenoxy) is 2. The second-order valence-electron chi connectivity index (χ2n) is 5.53. The Morgan fingerprint density at radius 1 is 1.38 bits per heavy atom. The minimum Gasteiger partial charge on any atom is -0.492 e. The van der Waals surface area contributed by atoms with Crippen molar-refractivity contribution in [2.24, 2.45) is 5.41 Å². The van der Waals surface area contributed by atoms with Crippen LogP contribution in [0.2, 0.25) is 0 Å². The molecule has 1 aromatic rings. The normalized spacial score (nSPS) is 21.2. The Labute approximate surface area is 126 Å². The van der Waals surface area contributed by atoms with E-state index in [-0.39, 0.29) is 5.91 Å². The van der Waals surface area contributed by atoms with Crippen LogP contribution < -0.4 is 10.1 Å². The highest BCUT2D eigenvalue weighted by atomic mass is 16.5. The van der Waals surface area contributed by atoms with Crippen LogP contribution in [0, 0.1) is 5.41 Å². The van der Waals surface area contributed by atoms with Crippen molar-refractivity contribution in [2.75, 3.05) is 47.0 Å². The maximum Gasteiger partial charge on any atom is 0.232 e. The standard InChI is InChI=1S/C16H24N2O3/c1-18(10-11-21-14-6-4-3-5-7-14)15(19)16(13-20-2)8-9-17-12-16/h3-7,17H,8-13H2,1-2H3. The van der Waals surface area contributed by atoms with Gasteiger partial charge in [-0.2, -0.15) is 0 Å². The van der Waals surface area contributed by atoms with Gasteiger partial charge in [0.2, 0.25) is 5.91 Å². The van der Waals surface area contributed by atoms with Crippen molar-refractivity contribution in [1.82, 2.24) is 10.2 Å². The van der Waals surface area contributed by atoms with Gasteiger partial charge in [0.25, 0.3) is 0 Å². The number of amides is 1. The topological polar surface area (TPSA) is 50.8 Å². The minimum absolute atomic E-state index is 0.131. The molecular formula is C16H24N2O3. The van der Waals surface area contributed by atoms with E-state index in [2.05, 4.69) is 5.32 Å². The molecule has 0 aliphatic carbocycles. The zero-order chi connectivity index (χ0) is 15.1. The molecule has 0 bridgehead atoms. The van der Waals surface area contributed by atoms with E-state index in [1.54, 1.807) is 12.0 Å². The Hall–Kier alpha value is -1.59. The van der Waals surface area contributed by atoms with Crippen molar-refractivity contribution in [3.63, 3.8) is 0 Å².